The highest BCUT2D eigenvalue weighted by molar-refractivity contribution is 6.30. The summed E-state index contributed by atoms with van der Waals surface area (Å²) in [6, 6.07) is 5.05. The molecule has 1 aliphatic heterocycles. The van der Waals surface area contributed by atoms with Gasteiger partial charge in [-0.3, -0.25) is 9.59 Å². The van der Waals surface area contributed by atoms with Gasteiger partial charge in [-0.25, -0.2) is 0 Å². The van der Waals surface area contributed by atoms with Crippen LogP contribution in [0.25, 0.3) is 0 Å². The molecule has 1 saturated carbocycles. The van der Waals surface area contributed by atoms with Crippen LogP contribution >= 0.6 is 11.6 Å². The first-order chi connectivity index (χ1) is 13.1. The zero-order chi connectivity index (χ0) is 19.2. The molecule has 1 aromatic carbocycles. The lowest BCUT2D eigenvalue weighted by molar-refractivity contribution is -0.133. The Balaban J connectivity index is 1.49. The summed E-state index contributed by atoms with van der Waals surface area (Å²) in [6.07, 6.45) is 8.18. The Hall–Kier alpha value is -1.75. The molecular weight excluding hydrogens is 364 g/mol. The van der Waals surface area contributed by atoms with E-state index in [1.54, 1.807) is 23.1 Å². The predicted molar refractivity (Wildman–Crippen MR) is 106 cm³/mol. The predicted octanol–water partition coefficient (Wildman–Crippen LogP) is 3.99. The van der Waals surface area contributed by atoms with Crippen LogP contribution in [0.3, 0.4) is 0 Å². The molecule has 2 amide bonds. The highest BCUT2D eigenvalue weighted by atomic mass is 35.5. The van der Waals surface area contributed by atoms with E-state index >= 15 is 0 Å². The molecule has 6 heteroatoms. The van der Waals surface area contributed by atoms with E-state index < -0.39 is 0 Å². The van der Waals surface area contributed by atoms with Crippen molar-refractivity contribution in [3.05, 3.63) is 28.8 Å². The van der Waals surface area contributed by atoms with E-state index in [0.29, 0.717) is 48.9 Å². The van der Waals surface area contributed by atoms with Crippen LogP contribution in [0.2, 0.25) is 5.02 Å². The molecule has 5 nitrogen and oxygen atoms in total. The van der Waals surface area contributed by atoms with Gasteiger partial charge in [-0.15, -0.1) is 0 Å². The van der Waals surface area contributed by atoms with Gasteiger partial charge >= 0.3 is 0 Å². The molecule has 0 aromatic heterocycles. The first-order valence-electron chi connectivity index (χ1n) is 9.99. The molecule has 0 atom stereocenters. The number of amides is 2. The zero-order valence-corrected chi connectivity index (χ0v) is 16.8. The Morgan fingerprint density at radius 1 is 1.07 bits per heavy atom. The molecule has 148 valence electrons. The molecule has 27 heavy (non-hydrogen) atoms. The number of methoxy groups -OCH3 is 1. The topological polar surface area (TPSA) is 49.9 Å². The second-order valence-corrected chi connectivity index (χ2v) is 8.00. The van der Waals surface area contributed by atoms with Crippen LogP contribution in [-0.2, 0) is 4.79 Å². The van der Waals surface area contributed by atoms with Crippen LogP contribution in [0.5, 0.6) is 5.75 Å². The molecule has 0 unspecified atom stereocenters. The van der Waals surface area contributed by atoms with E-state index in [1.165, 1.54) is 39.2 Å². The molecule has 0 spiro atoms. The average Bonchev–Trinajstić information content (AvgIpc) is 2.72. The van der Waals surface area contributed by atoms with Crippen molar-refractivity contribution in [2.45, 2.75) is 44.9 Å². The van der Waals surface area contributed by atoms with Crippen molar-refractivity contribution in [1.82, 2.24) is 9.80 Å². The minimum absolute atomic E-state index is 0.0715. The van der Waals surface area contributed by atoms with Gasteiger partial charge in [0.15, 0.2) is 0 Å². The van der Waals surface area contributed by atoms with Crippen LogP contribution < -0.4 is 4.74 Å². The number of piperazine rings is 1. The van der Waals surface area contributed by atoms with Crippen LogP contribution in [0, 0.1) is 5.92 Å². The van der Waals surface area contributed by atoms with Crippen molar-refractivity contribution in [2.75, 3.05) is 33.3 Å². The summed E-state index contributed by atoms with van der Waals surface area (Å²) in [7, 11) is 1.53. The van der Waals surface area contributed by atoms with E-state index in [1.807, 2.05) is 4.90 Å². The number of benzene rings is 1. The summed E-state index contributed by atoms with van der Waals surface area (Å²) in [6.45, 7) is 2.32. The average molecular weight is 393 g/mol. The van der Waals surface area contributed by atoms with Crippen molar-refractivity contribution in [2.24, 2.45) is 5.92 Å². The Bertz CT molecular complexity index is 665. The van der Waals surface area contributed by atoms with E-state index in [-0.39, 0.29) is 11.8 Å². The van der Waals surface area contributed by atoms with Gasteiger partial charge in [0.2, 0.25) is 5.91 Å². The minimum atomic E-state index is -0.0715. The summed E-state index contributed by atoms with van der Waals surface area (Å²) in [5.74, 6) is 1.37. The zero-order valence-electron chi connectivity index (χ0n) is 16.1. The normalized spacial score (nSPS) is 18.4. The number of carbonyl (C=O) groups excluding carboxylic acids is 2. The number of halogens is 1. The SMILES string of the molecule is COc1cc(Cl)ccc1C(=O)N1CCN(C(=O)CCC2CCCCC2)CC1. The Labute approximate surface area is 166 Å². The van der Waals surface area contributed by atoms with Gasteiger partial charge in [0.1, 0.15) is 5.75 Å². The van der Waals surface area contributed by atoms with E-state index in [9.17, 15) is 9.59 Å². The summed E-state index contributed by atoms with van der Waals surface area (Å²) >= 11 is 5.98. The van der Waals surface area contributed by atoms with Gasteiger partial charge in [-0.1, -0.05) is 43.7 Å². The number of rotatable bonds is 5. The summed E-state index contributed by atoms with van der Waals surface area (Å²) in [4.78, 5) is 29.0. The summed E-state index contributed by atoms with van der Waals surface area (Å²) in [5.41, 5.74) is 0.513. The van der Waals surface area contributed by atoms with Crippen molar-refractivity contribution in [3.63, 3.8) is 0 Å². The van der Waals surface area contributed by atoms with Gasteiger partial charge in [-0.05, 0) is 30.5 Å². The van der Waals surface area contributed by atoms with Crippen LogP contribution in [-0.4, -0.2) is 54.9 Å². The first kappa shape index (κ1) is 20.0. The van der Waals surface area contributed by atoms with Gasteiger partial charge in [0.25, 0.3) is 5.91 Å². The van der Waals surface area contributed by atoms with Gasteiger partial charge in [0, 0.05) is 37.6 Å². The molecule has 0 N–H and O–H groups in total. The third-order valence-electron chi connectivity index (χ3n) is 5.80. The fraction of sp³-hybridized carbons (Fsp3) is 0.619. The Kier molecular flexibility index (Phi) is 7.00. The lowest BCUT2D eigenvalue weighted by atomic mass is 9.86. The second kappa shape index (κ2) is 9.45. The number of ether oxygens (including phenoxy) is 1. The van der Waals surface area contributed by atoms with E-state index in [2.05, 4.69) is 0 Å². The largest absolute Gasteiger partial charge is 0.496 e. The van der Waals surface area contributed by atoms with Crippen LogP contribution in [0.1, 0.15) is 55.3 Å². The highest BCUT2D eigenvalue weighted by Gasteiger charge is 2.27. The third kappa shape index (κ3) is 5.16. The fourth-order valence-corrected chi connectivity index (χ4v) is 4.29. The summed E-state index contributed by atoms with van der Waals surface area (Å²) in [5, 5.41) is 0.539. The fourth-order valence-electron chi connectivity index (χ4n) is 4.13. The lowest BCUT2D eigenvalue weighted by Crippen LogP contribution is -2.50. The quantitative estimate of drug-likeness (QED) is 0.761. The molecule has 1 aliphatic carbocycles. The molecule has 1 heterocycles. The molecule has 2 aliphatic rings. The van der Waals surface area contributed by atoms with E-state index in [0.717, 1.165) is 12.3 Å². The van der Waals surface area contributed by atoms with Gasteiger partial charge in [0.05, 0.1) is 12.7 Å². The number of hydrogen-bond donors (Lipinski definition) is 0. The molecule has 2 fully saturated rings. The Morgan fingerprint density at radius 3 is 2.41 bits per heavy atom. The maximum Gasteiger partial charge on any atom is 0.257 e. The van der Waals surface area contributed by atoms with Crippen molar-refractivity contribution < 1.29 is 14.3 Å². The molecule has 1 aromatic rings. The van der Waals surface area contributed by atoms with Crippen LogP contribution in [0.15, 0.2) is 18.2 Å². The van der Waals surface area contributed by atoms with Gasteiger partial charge in [-0.2, -0.15) is 0 Å². The summed E-state index contributed by atoms with van der Waals surface area (Å²) < 4.78 is 5.29. The molecule has 1 saturated heterocycles. The van der Waals surface area contributed by atoms with Crippen molar-refractivity contribution in [3.8, 4) is 5.75 Å². The van der Waals surface area contributed by atoms with E-state index in [4.69, 9.17) is 16.3 Å². The third-order valence-corrected chi connectivity index (χ3v) is 6.04. The molecule has 3 rings (SSSR count). The second-order valence-electron chi connectivity index (χ2n) is 7.56. The van der Waals surface area contributed by atoms with Gasteiger partial charge < -0.3 is 14.5 Å². The molecular formula is C21H29ClN2O3. The lowest BCUT2D eigenvalue weighted by Gasteiger charge is -2.35. The maximum atomic E-state index is 12.8. The van der Waals surface area contributed by atoms with Crippen LogP contribution in [0.4, 0.5) is 0 Å². The smallest absolute Gasteiger partial charge is 0.257 e. The number of carbonyl (C=O) groups is 2. The van der Waals surface area contributed by atoms with Crippen molar-refractivity contribution in [1.29, 1.82) is 0 Å². The number of nitrogens with zero attached hydrogens (tertiary/aromatic N) is 2. The minimum Gasteiger partial charge on any atom is -0.496 e. The Morgan fingerprint density at radius 2 is 1.74 bits per heavy atom. The monoisotopic (exact) mass is 392 g/mol. The van der Waals surface area contributed by atoms with Crippen molar-refractivity contribution >= 4 is 23.4 Å². The standard InChI is InChI=1S/C21H29ClN2O3/c1-27-19-15-17(22)8-9-18(19)21(26)24-13-11-23(12-14-24)20(25)10-7-16-5-3-2-4-6-16/h8-9,15-16H,2-7,10-14H2,1H3. The molecule has 0 radical (unpaired) electrons. The first-order valence-corrected chi connectivity index (χ1v) is 10.4. The molecule has 0 bridgehead atoms. The maximum absolute atomic E-state index is 12.8. The number of hydrogen-bond acceptors (Lipinski definition) is 3. The highest BCUT2D eigenvalue weighted by Crippen LogP contribution is 2.28.